The van der Waals surface area contributed by atoms with Crippen molar-refractivity contribution >= 4 is 23.0 Å². The summed E-state index contributed by atoms with van der Waals surface area (Å²) >= 11 is 5.57. The van der Waals surface area contributed by atoms with Gasteiger partial charge in [0.1, 0.15) is 11.4 Å². The second-order valence-corrected chi connectivity index (χ2v) is 8.04. The normalized spacial score (nSPS) is 18.0. The number of benzene rings is 2. The van der Waals surface area contributed by atoms with E-state index in [1.165, 1.54) is 16.7 Å². The predicted molar refractivity (Wildman–Crippen MR) is 109 cm³/mol. The van der Waals surface area contributed by atoms with Crippen molar-refractivity contribution in [2.45, 2.75) is 52.7 Å². The average molecular weight is 355 g/mol. The summed E-state index contributed by atoms with van der Waals surface area (Å²) in [5.41, 5.74) is 5.59. The van der Waals surface area contributed by atoms with E-state index in [1.54, 1.807) is 0 Å². The molecule has 0 spiro atoms. The topological polar surface area (TPSA) is 33.3 Å². The zero-order valence-electron chi connectivity index (χ0n) is 15.6. The Bertz CT molecular complexity index is 793. The van der Waals surface area contributed by atoms with E-state index in [-0.39, 0.29) is 11.6 Å². The highest BCUT2D eigenvalue weighted by Gasteiger charge is 2.34. The summed E-state index contributed by atoms with van der Waals surface area (Å²) < 4.78 is 6.16. The molecule has 2 aromatic rings. The van der Waals surface area contributed by atoms with E-state index in [4.69, 9.17) is 17.0 Å². The van der Waals surface area contributed by atoms with Crippen LogP contribution in [0.2, 0.25) is 0 Å². The minimum absolute atomic E-state index is 0.130. The third kappa shape index (κ3) is 4.31. The summed E-state index contributed by atoms with van der Waals surface area (Å²) in [6.45, 7) is 10.5. The maximum atomic E-state index is 6.16. The molecule has 0 aromatic heterocycles. The second-order valence-electron chi connectivity index (χ2n) is 7.63. The van der Waals surface area contributed by atoms with Crippen LogP contribution in [0.15, 0.2) is 36.4 Å². The zero-order chi connectivity index (χ0) is 18.2. The van der Waals surface area contributed by atoms with Crippen molar-refractivity contribution in [3.63, 3.8) is 0 Å². The van der Waals surface area contributed by atoms with Crippen LogP contribution in [0, 0.1) is 20.8 Å². The maximum absolute atomic E-state index is 6.16. The average Bonchev–Trinajstić information content (AvgIpc) is 2.43. The number of fused-ring (bicyclic) bond motifs is 1. The van der Waals surface area contributed by atoms with Gasteiger partial charge in [-0.2, -0.15) is 0 Å². The predicted octanol–water partition coefficient (Wildman–Crippen LogP) is 5.20. The van der Waals surface area contributed by atoms with Gasteiger partial charge in [-0.05, 0) is 81.7 Å². The van der Waals surface area contributed by atoms with E-state index in [9.17, 15) is 0 Å². The number of nitrogens with one attached hydrogen (secondary N) is 2. The Morgan fingerprint density at radius 2 is 1.72 bits per heavy atom. The number of hydrogen-bond donors (Lipinski definition) is 2. The lowest BCUT2D eigenvalue weighted by Gasteiger charge is -2.38. The Labute approximate surface area is 155 Å². The smallest absolute Gasteiger partial charge is 0.171 e. The Morgan fingerprint density at radius 3 is 2.40 bits per heavy atom. The fourth-order valence-corrected chi connectivity index (χ4v) is 3.72. The van der Waals surface area contributed by atoms with Crippen LogP contribution in [0.5, 0.6) is 5.75 Å². The highest BCUT2D eigenvalue weighted by Crippen LogP contribution is 2.39. The Morgan fingerprint density at radius 1 is 1.04 bits per heavy atom. The first kappa shape index (κ1) is 17.7. The number of rotatable bonds is 2. The lowest BCUT2D eigenvalue weighted by molar-refractivity contribution is 0.0696. The molecule has 25 heavy (non-hydrogen) atoms. The van der Waals surface area contributed by atoms with Crippen LogP contribution in [0.4, 0.5) is 5.69 Å². The highest BCUT2D eigenvalue weighted by atomic mass is 32.1. The molecular formula is C21H26N2OS. The zero-order valence-corrected chi connectivity index (χ0v) is 16.4. The van der Waals surface area contributed by atoms with Crippen LogP contribution in [0.3, 0.4) is 0 Å². The van der Waals surface area contributed by atoms with Crippen molar-refractivity contribution in [3.05, 3.63) is 58.7 Å². The molecule has 4 heteroatoms. The fourth-order valence-electron chi connectivity index (χ4n) is 3.46. The highest BCUT2D eigenvalue weighted by molar-refractivity contribution is 7.80. The summed E-state index contributed by atoms with van der Waals surface area (Å²) in [5.74, 6) is 0.947. The molecule has 1 aliphatic heterocycles. The Balaban J connectivity index is 1.79. The molecule has 3 nitrogen and oxygen atoms in total. The van der Waals surface area contributed by atoms with E-state index < -0.39 is 0 Å². The van der Waals surface area contributed by atoms with E-state index >= 15 is 0 Å². The van der Waals surface area contributed by atoms with Crippen molar-refractivity contribution in [1.29, 1.82) is 0 Å². The van der Waals surface area contributed by atoms with Gasteiger partial charge in [0.15, 0.2) is 5.11 Å². The number of anilines is 1. The summed E-state index contributed by atoms with van der Waals surface area (Å²) in [7, 11) is 0. The molecule has 3 rings (SSSR count). The number of aryl methyl sites for hydroxylation is 3. The molecule has 0 aliphatic carbocycles. The maximum Gasteiger partial charge on any atom is 0.171 e. The number of thiocarbonyl (C=S) groups is 1. The first-order valence-corrected chi connectivity index (χ1v) is 9.08. The van der Waals surface area contributed by atoms with Crippen LogP contribution in [0.25, 0.3) is 0 Å². The van der Waals surface area contributed by atoms with Gasteiger partial charge in [0.25, 0.3) is 0 Å². The fraction of sp³-hybridized carbons (Fsp3) is 0.381. The molecular weight excluding hydrogens is 328 g/mol. The van der Waals surface area contributed by atoms with E-state index in [1.807, 2.05) is 0 Å². The van der Waals surface area contributed by atoms with Gasteiger partial charge in [-0.1, -0.05) is 18.2 Å². The third-order valence-corrected chi connectivity index (χ3v) is 4.63. The standard InChI is InChI=1S/C21H26N2OS/c1-13-6-7-17-18(12-21(4,5)24-19(17)11-13)23-20(25)22-16-9-14(2)8-15(3)10-16/h6-11,18H,12H2,1-5H3,(H2,22,23,25)/t18-/m0/s1. The van der Waals surface area contributed by atoms with Gasteiger partial charge in [0, 0.05) is 17.7 Å². The molecule has 0 amide bonds. The van der Waals surface area contributed by atoms with Crippen molar-refractivity contribution in [2.24, 2.45) is 0 Å². The number of hydrogen-bond acceptors (Lipinski definition) is 2. The van der Waals surface area contributed by atoms with E-state index in [0.29, 0.717) is 5.11 Å². The minimum atomic E-state index is -0.228. The van der Waals surface area contributed by atoms with Gasteiger partial charge >= 0.3 is 0 Å². The van der Waals surface area contributed by atoms with Crippen molar-refractivity contribution in [2.75, 3.05) is 5.32 Å². The monoisotopic (exact) mass is 354 g/mol. The van der Waals surface area contributed by atoms with Crippen LogP contribution >= 0.6 is 12.2 Å². The second kappa shape index (κ2) is 6.68. The van der Waals surface area contributed by atoms with Gasteiger partial charge in [-0.25, -0.2) is 0 Å². The Hall–Kier alpha value is -2.07. The molecule has 0 radical (unpaired) electrons. The molecule has 1 aliphatic rings. The molecule has 0 saturated carbocycles. The first-order valence-electron chi connectivity index (χ1n) is 8.67. The number of ether oxygens (including phenoxy) is 1. The molecule has 0 saturated heterocycles. The van der Waals surface area contributed by atoms with Gasteiger partial charge in [-0.15, -0.1) is 0 Å². The van der Waals surface area contributed by atoms with Gasteiger partial charge in [0.05, 0.1) is 6.04 Å². The van der Waals surface area contributed by atoms with Crippen LogP contribution < -0.4 is 15.4 Å². The molecule has 1 heterocycles. The summed E-state index contributed by atoms with van der Waals surface area (Å²) in [4.78, 5) is 0. The summed E-state index contributed by atoms with van der Waals surface area (Å²) in [6, 6.07) is 12.8. The molecule has 0 bridgehead atoms. The molecule has 0 fully saturated rings. The SMILES string of the molecule is Cc1cc(C)cc(NC(=S)N[C@H]2CC(C)(C)Oc3cc(C)ccc32)c1. The molecule has 0 unspecified atom stereocenters. The van der Waals surface area contributed by atoms with Crippen LogP contribution in [-0.4, -0.2) is 10.7 Å². The molecule has 1 atom stereocenters. The Kier molecular flexibility index (Phi) is 4.74. The summed E-state index contributed by atoms with van der Waals surface area (Å²) in [6.07, 6.45) is 0.859. The summed E-state index contributed by atoms with van der Waals surface area (Å²) in [5, 5.41) is 7.44. The molecule has 2 aromatic carbocycles. The first-order chi connectivity index (χ1) is 11.7. The van der Waals surface area contributed by atoms with Gasteiger partial charge in [0.2, 0.25) is 0 Å². The largest absolute Gasteiger partial charge is 0.487 e. The van der Waals surface area contributed by atoms with Crippen LogP contribution in [-0.2, 0) is 0 Å². The third-order valence-electron chi connectivity index (χ3n) is 4.41. The minimum Gasteiger partial charge on any atom is -0.487 e. The van der Waals surface area contributed by atoms with Gasteiger partial charge in [-0.3, -0.25) is 0 Å². The van der Waals surface area contributed by atoms with E-state index in [2.05, 4.69) is 81.7 Å². The van der Waals surface area contributed by atoms with Crippen LogP contribution in [0.1, 0.15) is 48.6 Å². The van der Waals surface area contributed by atoms with E-state index in [0.717, 1.165) is 23.4 Å². The molecule has 132 valence electrons. The van der Waals surface area contributed by atoms with Crippen molar-refractivity contribution in [1.82, 2.24) is 5.32 Å². The lowest BCUT2D eigenvalue weighted by Crippen LogP contribution is -2.42. The van der Waals surface area contributed by atoms with Crippen molar-refractivity contribution < 1.29 is 4.74 Å². The quantitative estimate of drug-likeness (QED) is 0.726. The molecule has 2 N–H and O–H groups in total. The van der Waals surface area contributed by atoms with Crippen molar-refractivity contribution in [3.8, 4) is 5.75 Å². The lowest BCUT2D eigenvalue weighted by atomic mass is 9.89. The van der Waals surface area contributed by atoms with Gasteiger partial charge < -0.3 is 15.4 Å².